The standard InChI is InChI=1S/C18H30N2O2/c1-5-9-14(19-22-6-2)17-15(20-10-7-8-11-20)12-18(3,4)13-16(17)21/h5-13H2,1-4H3. The Morgan fingerprint density at radius 2 is 1.91 bits per heavy atom. The van der Waals surface area contributed by atoms with Crippen LogP contribution in [-0.2, 0) is 9.63 Å². The molecule has 1 aliphatic carbocycles. The van der Waals surface area contributed by atoms with Crippen LogP contribution in [0.4, 0.5) is 0 Å². The molecule has 0 amide bonds. The first-order valence-electron chi connectivity index (χ1n) is 8.69. The largest absolute Gasteiger partial charge is 0.396 e. The summed E-state index contributed by atoms with van der Waals surface area (Å²) in [5.41, 5.74) is 2.97. The molecule has 0 bridgehead atoms. The van der Waals surface area contributed by atoms with Crippen LogP contribution in [0.1, 0.15) is 66.2 Å². The molecular formula is C18H30N2O2. The fourth-order valence-corrected chi connectivity index (χ4v) is 3.47. The zero-order valence-electron chi connectivity index (χ0n) is 14.6. The predicted octanol–water partition coefficient (Wildman–Crippen LogP) is 3.92. The number of carbonyl (C=O) groups is 1. The van der Waals surface area contributed by atoms with Gasteiger partial charge in [0.1, 0.15) is 6.61 Å². The number of hydrogen-bond donors (Lipinski definition) is 0. The molecule has 2 aliphatic rings. The van der Waals surface area contributed by atoms with E-state index in [0.717, 1.165) is 43.6 Å². The molecule has 0 radical (unpaired) electrons. The topological polar surface area (TPSA) is 41.9 Å². The molecule has 2 rings (SSSR count). The minimum Gasteiger partial charge on any atom is -0.396 e. The maximum absolute atomic E-state index is 12.8. The van der Waals surface area contributed by atoms with Crippen molar-refractivity contribution in [2.75, 3.05) is 19.7 Å². The van der Waals surface area contributed by atoms with Crippen molar-refractivity contribution in [2.24, 2.45) is 10.6 Å². The number of allylic oxidation sites excluding steroid dienone is 2. The second-order valence-corrected chi connectivity index (χ2v) is 7.16. The second kappa shape index (κ2) is 7.30. The summed E-state index contributed by atoms with van der Waals surface area (Å²) >= 11 is 0. The highest BCUT2D eigenvalue weighted by Gasteiger charge is 2.37. The first-order chi connectivity index (χ1) is 10.5. The van der Waals surface area contributed by atoms with Crippen LogP contribution in [0.5, 0.6) is 0 Å². The minimum absolute atomic E-state index is 0.0431. The zero-order chi connectivity index (χ0) is 16.2. The lowest BCUT2D eigenvalue weighted by Crippen LogP contribution is -2.35. The third-order valence-corrected chi connectivity index (χ3v) is 4.42. The fraction of sp³-hybridized carbons (Fsp3) is 0.778. The van der Waals surface area contributed by atoms with Gasteiger partial charge in [-0.1, -0.05) is 32.3 Å². The number of ketones is 1. The summed E-state index contributed by atoms with van der Waals surface area (Å²) in [6, 6.07) is 0. The lowest BCUT2D eigenvalue weighted by atomic mass is 9.74. The Balaban J connectivity index is 2.44. The van der Waals surface area contributed by atoms with Gasteiger partial charge in [-0.15, -0.1) is 0 Å². The van der Waals surface area contributed by atoms with Gasteiger partial charge in [0, 0.05) is 25.2 Å². The molecule has 4 nitrogen and oxygen atoms in total. The molecule has 4 heteroatoms. The number of likely N-dealkylation sites (tertiary alicyclic amines) is 1. The molecule has 1 fully saturated rings. The molecule has 0 unspecified atom stereocenters. The highest BCUT2D eigenvalue weighted by molar-refractivity contribution is 6.23. The molecule has 124 valence electrons. The van der Waals surface area contributed by atoms with Crippen LogP contribution >= 0.6 is 0 Å². The molecule has 1 heterocycles. The number of hydrogen-bond acceptors (Lipinski definition) is 4. The quantitative estimate of drug-likeness (QED) is 0.552. The molecule has 1 saturated heterocycles. The van der Waals surface area contributed by atoms with E-state index < -0.39 is 0 Å². The Kier molecular flexibility index (Phi) is 5.65. The Hall–Kier alpha value is -1.32. The van der Waals surface area contributed by atoms with Crippen LogP contribution in [0.25, 0.3) is 0 Å². The first kappa shape index (κ1) is 17.0. The smallest absolute Gasteiger partial charge is 0.167 e. The lowest BCUT2D eigenvalue weighted by Gasteiger charge is -2.36. The summed E-state index contributed by atoms with van der Waals surface area (Å²) in [6.07, 6.45) is 5.78. The molecule has 0 saturated carbocycles. The monoisotopic (exact) mass is 306 g/mol. The van der Waals surface area contributed by atoms with Crippen molar-refractivity contribution in [2.45, 2.75) is 66.2 Å². The van der Waals surface area contributed by atoms with Gasteiger partial charge in [-0.25, -0.2) is 0 Å². The maximum atomic E-state index is 12.8. The Morgan fingerprint density at radius 1 is 1.23 bits per heavy atom. The van der Waals surface area contributed by atoms with Gasteiger partial charge >= 0.3 is 0 Å². The van der Waals surface area contributed by atoms with Crippen molar-refractivity contribution >= 4 is 11.5 Å². The van der Waals surface area contributed by atoms with E-state index in [1.165, 1.54) is 18.5 Å². The van der Waals surface area contributed by atoms with Crippen molar-refractivity contribution in [3.63, 3.8) is 0 Å². The molecule has 0 aromatic carbocycles. The van der Waals surface area contributed by atoms with Crippen molar-refractivity contribution in [1.29, 1.82) is 0 Å². The molecule has 0 N–H and O–H groups in total. The molecule has 0 spiro atoms. The summed E-state index contributed by atoms with van der Waals surface area (Å²) < 4.78 is 0. The van der Waals surface area contributed by atoms with Crippen LogP contribution in [0.15, 0.2) is 16.4 Å². The summed E-state index contributed by atoms with van der Waals surface area (Å²) in [6.45, 7) is 11.1. The molecular weight excluding hydrogens is 276 g/mol. The van der Waals surface area contributed by atoms with E-state index in [2.05, 4.69) is 30.8 Å². The highest BCUT2D eigenvalue weighted by Crippen LogP contribution is 2.40. The van der Waals surface area contributed by atoms with E-state index in [-0.39, 0.29) is 11.2 Å². The third kappa shape index (κ3) is 3.90. The summed E-state index contributed by atoms with van der Waals surface area (Å²) in [7, 11) is 0. The second-order valence-electron chi connectivity index (χ2n) is 7.16. The van der Waals surface area contributed by atoms with Gasteiger partial charge in [-0.2, -0.15) is 0 Å². The number of carbonyl (C=O) groups excluding carboxylic acids is 1. The van der Waals surface area contributed by atoms with Gasteiger partial charge in [-0.05, 0) is 38.0 Å². The Morgan fingerprint density at radius 3 is 2.50 bits per heavy atom. The normalized spacial score (nSPS) is 22.5. The van der Waals surface area contributed by atoms with E-state index in [1.807, 2.05) is 6.92 Å². The van der Waals surface area contributed by atoms with Crippen molar-refractivity contribution in [1.82, 2.24) is 4.90 Å². The summed E-state index contributed by atoms with van der Waals surface area (Å²) in [5.74, 6) is 0.241. The van der Waals surface area contributed by atoms with Crippen LogP contribution in [-0.4, -0.2) is 36.1 Å². The van der Waals surface area contributed by atoms with Crippen LogP contribution in [0, 0.1) is 5.41 Å². The van der Waals surface area contributed by atoms with E-state index in [9.17, 15) is 4.79 Å². The van der Waals surface area contributed by atoms with Gasteiger partial charge in [0.2, 0.25) is 0 Å². The first-order valence-corrected chi connectivity index (χ1v) is 8.69. The molecule has 0 aromatic heterocycles. The number of nitrogens with zero attached hydrogens (tertiary/aromatic N) is 2. The fourth-order valence-electron chi connectivity index (χ4n) is 3.47. The van der Waals surface area contributed by atoms with Crippen molar-refractivity contribution in [3.8, 4) is 0 Å². The third-order valence-electron chi connectivity index (χ3n) is 4.42. The summed E-state index contributed by atoms with van der Waals surface area (Å²) in [4.78, 5) is 20.5. The maximum Gasteiger partial charge on any atom is 0.167 e. The van der Waals surface area contributed by atoms with Crippen LogP contribution in [0.2, 0.25) is 0 Å². The number of oxime groups is 1. The Bertz CT molecular complexity index is 471. The predicted molar refractivity (Wildman–Crippen MR) is 89.8 cm³/mol. The SMILES string of the molecule is CCCC(=NOCC)C1=C(N2CCCC2)CC(C)(C)CC1=O. The minimum atomic E-state index is 0.0431. The van der Waals surface area contributed by atoms with E-state index in [0.29, 0.717) is 13.0 Å². The van der Waals surface area contributed by atoms with E-state index in [4.69, 9.17) is 4.84 Å². The number of Topliss-reactive ketones (excluding diaryl/α,β-unsaturated/α-hetero) is 1. The van der Waals surface area contributed by atoms with Crippen molar-refractivity contribution in [3.05, 3.63) is 11.3 Å². The summed E-state index contributed by atoms with van der Waals surface area (Å²) in [5, 5.41) is 4.29. The number of rotatable bonds is 6. The van der Waals surface area contributed by atoms with Crippen LogP contribution < -0.4 is 0 Å². The average Bonchev–Trinajstić information content (AvgIpc) is 2.96. The van der Waals surface area contributed by atoms with E-state index in [1.54, 1.807) is 0 Å². The highest BCUT2D eigenvalue weighted by atomic mass is 16.6. The Labute approximate surface area is 134 Å². The van der Waals surface area contributed by atoms with Gasteiger partial charge < -0.3 is 9.74 Å². The van der Waals surface area contributed by atoms with Gasteiger partial charge in [0.25, 0.3) is 0 Å². The molecule has 1 aliphatic heterocycles. The van der Waals surface area contributed by atoms with Gasteiger partial charge in [0.05, 0.1) is 11.3 Å². The lowest BCUT2D eigenvalue weighted by molar-refractivity contribution is -0.117. The van der Waals surface area contributed by atoms with Crippen molar-refractivity contribution < 1.29 is 9.63 Å². The van der Waals surface area contributed by atoms with Gasteiger partial charge in [0.15, 0.2) is 5.78 Å². The van der Waals surface area contributed by atoms with Gasteiger partial charge in [-0.3, -0.25) is 4.79 Å². The molecule has 0 aromatic rings. The molecule has 0 atom stereocenters. The van der Waals surface area contributed by atoms with E-state index >= 15 is 0 Å². The zero-order valence-corrected chi connectivity index (χ0v) is 14.6. The average molecular weight is 306 g/mol. The molecule has 22 heavy (non-hydrogen) atoms. The van der Waals surface area contributed by atoms with Crippen LogP contribution in [0.3, 0.4) is 0 Å².